The summed E-state index contributed by atoms with van der Waals surface area (Å²) in [5.74, 6) is 2.65. The first kappa shape index (κ1) is 10.4. The smallest absolute Gasteiger partial charge is 0.125 e. The van der Waals surface area contributed by atoms with E-state index in [0.29, 0.717) is 0 Å². The fourth-order valence-corrected chi connectivity index (χ4v) is 3.87. The molecule has 0 saturated carbocycles. The zero-order valence-electron chi connectivity index (χ0n) is 8.91. The monoisotopic (exact) mass is 239 g/mol. The van der Waals surface area contributed by atoms with Gasteiger partial charge in [0.1, 0.15) is 17.2 Å². The molecule has 4 heteroatoms. The maximum Gasteiger partial charge on any atom is 0.125 e. The number of hydrogen-bond donors (Lipinski definition) is 1. The molecular weight excluding hydrogens is 225 g/mol. The Labute approximate surface area is 98.4 Å². The summed E-state index contributed by atoms with van der Waals surface area (Å²) in [7, 11) is 0. The van der Waals surface area contributed by atoms with E-state index in [-0.39, 0.29) is 17.5 Å². The van der Waals surface area contributed by atoms with Crippen molar-refractivity contribution in [3.8, 4) is 5.75 Å². The molecule has 0 aliphatic carbocycles. The minimum Gasteiger partial charge on any atom is -0.486 e. The highest BCUT2D eigenvalue weighted by Gasteiger charge is 2.42. The number of hydrogen-bond acceptors (Lipinski definition) is 3. The van der Waals surface area contributed by atoms with Gasteiger partial charge < -0.3 is 10.5 Å². The zero-order valence-corrected chi connectivity index (χ0v) is 9.73. The Kier molecular flexibility index (Phi) is 2.37. The Hall–Kier alpha value is -0.740. The summed E-state index contributed by atoms with van der Waals surface area (Å²) in [5.41, 5.74) is 6.82. The molecule has 2 atom stereocenters. The van der Waals surface area contributed by atoms with E-state index in [1.165, 1.54) is 12.1 Å². The van der Waals surface area contributed by atoms with Crippen LogP contribution in [0.2, 0.25) is 0 Å². The molecular formula is C12H14FNOS. The molecule has 0 aromatic heterocycles. The van der Waals surface area contributed by atoms with Crippen LogP contribution < -0.4 is 10.5 Å². The van der Waals surface area contributed by atoms with E-state index in [4.69, 9.17) is 10.5 Å². The molecule has 1 spiro atoms. The third kappa shape index (κ3) is 1.60. The molecule has 1 fully saturated rings. The lowest BCUT2D eigenvalue weighted by Gasteiger charge is -2.38. The summed E-state index contributed by atoms with van der Waals surface area (Å²) in [5, 5.41) is 0. The predicted molar refractivity (Wildman–Crippen MR) is 63.2 cm³/mol. The van der Waals surface area contributed by atoms with Gasteiger partial charge in [0.05, 0.1) is 0 Å². The zero-order chi connectivity index (χ0) is 11.2. The molecule has 16 heavy (non-hydrogen) atoms. The van der Waals surface area contributed by atoms with Crippen LogP contribution in [-0.4, -0.2) is 17.1 Å². The van der Waals surface area contributed by atoms with Gasteiger partial charge in [-0.15, -0.1) is 0 Å². The minimum absolute atomic E-state index is 0.0989. The van der Waals surface area contributed by atoms with Gasteiger partial charge in [-0.3, -0.25) is 0 Å². The molecule has 86 valence electrons. The van der Waals surface area contributed by atoms with Gasteiger partial charge >= 0.3 is 0 Å². The maximum atomic E-state index is 13.1. The molecule has 2 unspecified atom stereocenters. The molecule has 2 aliphatic heterocycles. The lowest BCUT2D eigenvalue weighted by Crippen LogP contribution is -2.43. The Morgan fingerprint density at radius 1 is 1.50 bits per heavy atom. The lowest BCUT2D eigenvalue weighted by molar-refractivity contribution is 0.0613. The first-order chi connectivity index (χ1) is 7.69. The normalized spacial score (nSPS) is 32.5. The van der Waals surface area contributed by atoms with E-state index in [2.05, 4.69) is 0 Å². The summed E-state index contributed by atoms with van der Waals surface area (Å²) in [6.07, 6.45) is 1.85. The van der Waals surface area contributed by atoms with Gasteiger partial charge in [-0.05, 0) is 30.4 Å². The molecule has 0 amide bonds. The first-order valence-corrected chi connectivity index (χ1v) is 6.66. The molecule has 2 nitrogen and oxygen atoms in total. The SMILES string of the molecule is NC1CC2(CCSC2)Oc2ccc(F)cc21. The minimum atomic E-state index is -0.241. The summed E-state index contributed by atoms with van der Waals surface area (Å²) in [4.78, 5) is 0. The molecule has 1 aromatic rings. The molecule has 2 aliphatic rings. The molecule has 1 saturated heterocycles. The van der Waals surface area contributed by atoms with Crippen LogP contribution in [0.25, 0.3) is 0 Å². The van der Waals surface area contributed by atoms with Gasteiger partial charge in [0.25, 0.3) is 0 Å². The summed E-state index contributed by atoms with van der Waals surface area (Å²) in [6, 6.07) is 4.54. The molecule has 0 bridgehead atoms. The highest BCUT2D eigenvalue weighted by molar-refractivity contribution is 7.99. The highest BCUT2D eigenvalue weighted by Crippen LogP contribution is 2.45. The number of rotatable bonds is 0. The number of nitrogens with two attached hydrogens (primary N) is 1. The Morgan fingerprint density at radius 2 is 2.38 bits per heavy atom. The number of ether oxygens (including phenoxy) is 1. The number of benzene rings is 1. The van der Waals surface area contributed by atoms with Crippen molar-refractivity contribution in [3.63, 3.8) is 0 Å². The topological polar surface area (TPSA) is 35.2 Å². The largest absolute Gasteiger partial charge is 0.486 e. The number of thioether (sulfide) groups is 1. The maximum absolute atomic E-state index is 13.1. The third-order valence-electron chi connectivity index (χ3n) is 3.36. The van der Waals surface area contributed by atoms with Crippen LogP contribution in [0.15, 0.2) is 18.2 Å². The summed E-state index contributed by atoms with van der Waals surface area (Å²) >= 11 is 1.90. The quantitative estimate of drug-likeness (QED) is 0.755. The second-order valence-electron chi connectivity index (χ2n) is 4.58. The van der Waals surface area contributed by atoms with Gasteiger partial charge in [0, 0.05) is 23.8 Å². The van der Waals surface area contributed by atoms with Crippen molar-refractivity contribution < 1.29 is 9.13 Å². The van der Waals surface area contributed by atoms with Gasteiger partial charge in [0.2, 0.25) is 0 Å². The van der Waals surface area contributed by atoms with Crippen LogP contribution >= 0.6 is 11.8 Å². The second-order valence-corrected chi connectivity index (χ2v) is 5.69. The van der Waals surface area contributed by atoms with Gasteiger partial charge in [-0.25, -0.2) is 4.39 Å². The van der Waals surface area contributed by atoms with E-state index < -0.39 is 0 Å². The average molecular weight is 239 g/mol. The van der Waals surface area contributed by atoms with Gasteiger partial charge in [-0.1, -0.05) is 0 Å². The van der Waals surface area contributed by atoms with Crippen molar-refractivity contribution in [1.29, 1.82) is 0 Å². The predicted octanol–water partition coefficient (Wildman–Crippen LogP) is 2.48. The van der Waals surface area contributed by atoms with E-state index in [9.17, 15) is 4.39 Å². The van der Waals surface area contributed by atoms with Crippen molar-refractivity contribution in [3.05, 3.63) is 29.6 Å². The fourth-order valence-electron chi connectivity index (χ4n) is 2.52. The molecule has 3 rings (SSSR count). The van der Waals surface area contributed by atoms with Crippen LogP contribution in [0.4, 0.5) is 4.39 Å². The van der Waals surface area contributed by atoms with Crippen LogP contribution in [0, 0.1) is 5.82 Å². The summed E-state index contributed by atoms with van der Waals surface area (Å²) in [6.45, 7) is 0. The molecule has 0 radical (unpaired) electrons. The molecule has 2 heterocycles. The van der Waals surface area contributed by atoms with Crippen molar-refractivity contribution >= 4 is 11.8 Å². The first-order valence-electron chi connectivity index (χ1n) is 5.50. The number of fused-ring (bicyclic) bond motifs is 1. The Balaban J connectivity index is 1.99. The van der Waals surface area contributed by atoms with Crippen LogP contribution in [0.1, 0.15) is 24.4 Å². The van der Waals surface area contributed by atoms with Crippen molar-refractivity contribution in [2.24, 2.45) is 5.73 Å². The second kappa shape index (κ2) is 3.64. The Morgan fingerprint density at radius 3 is 3.12 bits per heavy atom. The lowest BCUT2D eigenvalue weighted by atomic mass is 9.87. The molecule has 1 aromatic carbocycles. The summed E-state index contributed by atoms with van der Waals surface area (Å²) < 4.78 is 19.2. The van der Waals surface area contributed by atoms with Crippen LogP contribution in [0.5, 0.6) is 5.75 Å². The Bertz CT molecular complexity index is 417. The standard InChI is InChI=1S/C12H14FNOS/c13-8-1-2-11-9(5-8)10(14)6-12(15-11)3-4-16-7-12/h1-2,5,10H,3-4,6-7,14H2. The van der Waals surface area contributed by atoms with E-state index in [1.807, 2.05) is 11.8 Å². The average Bonchev–Trinajstić information content (AvgIpc) is 2.68. The molecule has 2 N–H and O–H groups in total. The van der Waals surface area contributed by atoms with Crippen molar-refractivity contribution in [2.45, 2.75) is 24.5 Å². The van der Waals surface area contributed by atoms with E-state index in [0.717, 1.165) is 35.7 Å². The van der Waals surface area contributed by atoms with Gasteiger partial charge in [0.15, 0.2) is 0 Å². The fraction of sp³-hybridized carbons (Fsp3) is 0.500. The van der Waals surface area contributed by atoms with Crippen LogP contribution in [0.3, 0.4) is 0 Å². The van der Waals surface area contributed by atoms with Crippen molar-refractivity contribution in [2.75, 3.05) is 11.5 Å². The third-order valence-corrected chi connectivity index (χ3v) is 4.58. The van der Waals surface area contributed by atoms with E-state index in [1.54, 1.807) is 6.07 Å². The van der Waals surface area contributed by atoms with Gasteiger partial charge in [-0.2, -0.15) is 11.8 Å². The van der Waals surface area contributed by atoms with Crippen molar-refractivity contribution in [1.82, 2.24) is 0 Å². The van der Waals surface area contributed by atoms with E-state index >= 15 is 0 Å². The van der Waals surface area contributed by atoms with Crippen LogP contribution in [-0.2, 0) is 0 Å². The highest BCUT2D eigenvalue weighted by atomic mass is 32.2. The number of halogens is 1.